The van der Waals surface area contributed by atoms with Crippen molar-refractivity contribution >= 4 is 0 Å². The normalized spacial score (nSPS) is 20.2. The van der Waals surface area contributed by atoms with Gasteiger partial charge in [0.25, 0.3) is 0 Å². The third-order valence-electron chi connectivity index (χ3n) is 2.52. The predicted molar refractivity (Wildman–Crippen MR) is 49.2 cm³/mol. The molecule has 1 aliphatic rings. The van der Waals surface area contributed by atoms with Crippen LogP contribution in [0.2, 0.25) is 0 Å². The summed E-state index contributed by atoms with van der Waals surface area (Å²) in [7, 11) is 0. The molecule has 0 bridgehead atoms. The largest absolute Gasteiger partial charge is 0.115 e. The van der Waals surface area contributed by atoms with Crippen LogP contribution in [0.25, 0.3) is 0 Å². The smallest absolute Gasteiger partial charge is 0.00223 e. The number of terminal acetylenes is 1. The Morgan fingerprint density at radius 1 is 1.55 bits per heavy atom. The number of hydrogen-bond acceptors (Lipinski definition) is 0. The van der Waals surface area contributed by atoms with Gasteiger partial charge >= 0.3 is 0 Å². The summed E-state index contributed by atoms with van der Waals surface area (Å²) in [6, 6.07) is 0. The maximum atomic E-state index is 5.34. The fourth-order valence-corrected chi connectivity index (χ4v) is 1.79. The summed E-state index contributed by atoms with van der Waals surface area (Å²) in [4.78, 5) is 0. The lowest BCUT2D eigenvalue weighted by molar-refractivity contribution is 0.550. The lowest BCUT2D eigenvalue weighted by atomic mass is 9.98. The standard InChI is InChI=1S/C11H16/c1-3-10(4-2)9-11-7-5-6-8-11/h1,4,11H,5-9H2,2H3/b10-4+. The summed E-state index contributed by atoms with van der Waals surface area (Å²) in [6.07, 6.45) is 14.2. The number of rotatable bonds is 2. The highest BCUT2D eigenvalue weighted by Crippen LogP contribution is 2.29. The second-order valence-corrected chi connectivity index (χ2v) is 3.31. The number of allylic oxidation sites excluding steroid dienone is 2. The van der Waals surface area contributed by atoms with Crippen LogP contribution in [0, 0.1) is 18.3 Å². The Kier molecular flexibility index (Phi) is 3.23. The van der Waals surface area contributed by atoms with Gasteiger partial charge in [0.2, 0.25) is 0 Å². The lowest BCUT2D eigenvalue weighted by Crippen LogP contribution is -1.93. The van der Waals surface area contributed by atoms with E-state index in [1.807, 2.05) is 6.92 Å². The van der Waals surface area contributed by atoms with Crippen LogP contribution in [0.1, 0.15) is 39.0 Å². The lowest BCUT2D eigenvalue weighted by Gasteiger charge is -2.06. The van der Waals surface area contributed by atoms with Crippen LogP contribution < -0.4 is 0 Å². The molecule has 0 heterocycles. The van der Waals surface area contributed by atoms with Gasteiger partial charge in [-0.1, -0.05) is 37.7 Å². The number of hydrogen-bond donors (Lipinski definition) is 0. The Morgan fingerprint density at radius 2 is 2.18 bits per heavy atom. The quantitative estimate of drug-likeness (QED) is 0.528. The van der Waals surface area contributed by atoms with E-state index in [-0.39, 0.29) is 0 Å². The van der Waals surface area contributed by atoms with Crippen LogP contribution in [0.3, 0.4) is 0 Å². The average molecular weight is 148 g/mol. The Hall–Kier alpha value is -0.700. The molecular formula is C11H16. The third kappa shape index (κ3) is 2.42. The molecule has 0 unspecified atom stereocenters. The molecule has 11 heavy (non-hydrogen) atoms. The first kappa shape index (κ1) is 8.40. The molecule has 0 atom stereocenters. The molecule has 0 aromatic heterocycles. The minimum Gasteiger partial charge on any atom is -0.115 e. The second kappa shape index (κ2) is 4.23. The van der Waals surface area contributed by atoms with E-state index in [1.165, 1.54) is 31.3 Å². The molecule has 0 spiro atoms. The zero-order valence-corrected chi connectivity index (χ0v) is 7.27. The first-order valence-electron chi connectivity index (χ1n) is 4.48. The van der Waals surface area contributed by atoms with E-state index in [1.54, 1.807) is 0 Å². The van der Waals surface area contributed by atoms with Crippen molar-refractivity contribution in [1.29, 1.82) is 0 Å². The zero-order chi connectivity index (χ0) is 8.10. The highest BCUT2D eigenvalue weighted by molar-refractivity contribution is 5.24. The summed E-state index contributed by atoms with van der Waals surface area (Å²) in [6.45, 7) is 2.03. The van der Waals surface area contributed by atoms with Crippen LogP contribution in [0.4, 0.5) is 0 Å². The van der Waals surface area contributed by atoms with Crippen molar-refractivity contribution in [2.75, 3.05) is 0 Å². The maximum absolute atomic E-state index is 5.34. The molecular weight excluding hydrogens is 132 g/mol. The molecule has 0 aliphatic heterocycles. The van der Waals surface area contributed by atoms with Crippen LogP contribution >= 0.6 is 0 Å². The van der Waals surface area contributed by atoms with Crippen molar-refractivity contribution in [3.63, 3.8) is 0 Å². The molecule has 0 aromatic rings. The van der Waals surface area contributed by atoms with Gasteiger partial charge in [-0.2, -0.15) is 0 Å². The van der Waals surface area contributed by atoms with E-state index in [2.05, 4.69) is 12.0 Å². The monoisotopic (exact) mass is 148 g/mol. The summed E-state index contributed by atoms with van der Waals surface area (Å²) in [5, 5.41) is 0. The Labute approximate surface area is 69.7 Å². The molecule has 1 rings (SSSR count). The highest BCUT2D eigenvalue weighted by Gasteiger charge is 2.15. The molecule has 0 saturated heterocycles. The van der Waals surface area contributed by atoms with Crippen molar-refractivity contribution in [3.05, 3.63) is 11.6 Å². The molecule has 0 nitrogen and oxygen atoms in total. The molecule has 60 valence electrons. The summed E-state index contributed by atoms with van der Waals surface area (Å²) < 4.78 is 0. The summed E-state index contributed by atoms with van der Waals surface area (Å²) in [5.74, 6) is 3.63. The molecule has 0 heteroatoms. The van der Waals surface area contributed by atoms with E-state index in [0.29, 0.717) is 0 Å². The van der Waals surface area contributed by atoms with Gasteiger partial charge in [-0.15, -0.1) is 6.42 Å². The van der Waals surface area contributed by atoms with Gasteiger partial charge in [0.15, 0.2) is 0 Å². The van der Waals surface area contributed by atoms with Gasteiger partial charge < -0.3 is 0 Å². The van der Waals surface area contributed by atoms with Gasteiger partial charge in [-0.25, -0.2) is 0 Å². The van der Waals surface area contributed by atoms with Gasteiger partial charge in [0.05, 0.1) is 0 Å². The molecule has 0 aromatic carbocycles. The Balaban J connectivity index is 2.35. The fraction of sp³-hybridized carbons (Fsp3) is 0.636. The third-order valence-corrected chi connectivity index (χ3v) is 2.52. The van der Waals surface area contributed by atoms with Gasteiger partial charge in [0, 0.05) is 0 Å². The molecule has 1 fully saturated rings. The first-order chi connectivity index (χ1) is 5.36. The molecule has 1 aliphatic carbocycles. The molecule has 0 N–H and O–H groups in total. The van der Waals surface area contributed by atoms with E-state index in [4.69, 9.17) is 6.42 Å². The molecule has 1 saturated carbocycles. The Morgan fingerprint density at radius 3 is 2.64 bits per heavy atom. The summed E-state index contributed by atoms with van der Waals surface area (Å²) in [5.41, 5.74) is 1.19. The van der Waals surface area contributed by atoms with E-state index >= 15 is 0 Å². The molecule has 0 radical (unpaired) electrons. The highest BCUT2D eigenvalue weighted by atomic mass is 14.2. The van der Waals surface area contributed by atoms with Crippen molar-refractivity contribution in [1.82, 2.24) is 0 Å². The van der Waals surface area contributed by atoms with Crippen LogP contribution in [0.5, 0.6) is 0 Å². The van der Waals surface area contributed by atoms with Gasteiger partial charge in [-0.3, -0.25) is 0 Å². The van der Waals surface area contributed by atoms with Gasteiger partial charge in [0.1, 0.15) is 0 Å². The van der Waals surface area contributed by atoms with Crippen molar-refractivity contribution in [2.45, 2.75) is 39.0 Å². The van der Waals surface area contributed by atoms with Crippen molar-refractivity contribution in [2.24, 2.45) is 5.92 Å². The van der Waals surface area contributed by atoms with Crippen LogP contribution in [0.15, 0.2) is 11.6 Å². The second-order valence-electron chi connectivity index (χ2n) is 3.31. The van der Waals surface area contributed by atoms with E-state index in [0.717, 1.165) is 12.3 Å². The molecule has 0 amide bonds. The maximum Gasteiger partial charge on any atom is -0.00223 e. The van der Waals surface area contributed by atoms with Gasteiger partial charge in [-0.05, 0) is 24.8 Å². The first-order valence-corrected chi connectivity index (χ1v) is 4.48. The fourth-order valence-electron chi connectivity index (χ4n) is 1.79. The van der Waals surface area contributed by atoms with Crippen LogP contribution in [-0.2, 0) is 0 Å². The Bertz CT molecular complexity index is 175. The topological polar surface area (TPSA) is 0 Å². The van der Waals surface area contributed by atoms with E-state index < -0.39 is 0 Å². The van der Waals surface area contributed by atoms with E-state index in [9.17, 15) is 0 Å². The SMILES string of the molecule is C#C/C(=C\C)CC1CCCC1. The van der Waals surface area contributed by atoms with Crippen LogP contribution in [-0.4, -0.2) is 0 Å². The average Bonchev–Trinajstić information content (AvgIpc) is 2.52. The predicted octanol–water partition coefficient (Wildman–Crippen LogP) is 3.15. The van der Waals surface area contributed by atoms with Crippen molar-refractivity contribution in [3.8, 4) is 12.3 Å². The van der Waals surface area contributed by atoms with Crippen molar-refractivity contribution < 1.29 is 0 Å². The minimum absolute atomic E-state index is 0.886. The minimum atomic E-state index is 0.886. The zero-order valence-electron chi connectivity index (χ0n) is 7.27. The summed E-state index contributed by atoms with van der Waals surface area (Å²) >= 11 is 0.